The fraction of sp³-hybridized carbons (Fsp3) is 0.500. The van der Waals surface area contributed by atoms with Gasteiger partial charge in [-0.3, -0.25) is 4.99 Å². The number of esters is 1. The molecule has 0 saturated heterocycles. The average Bonchev–Trinajstić information content (AvgIpc) is 2.57. The zero-order chi connectivity index (χ0) is 16.4. The van der Waals surface area contributed by atoms with E-state index in [1.807, 2.05) is 6.07 Å². The molecule has 1 aromatic rings. The van der Waals surface area contributed by atoms with Gasteiger partial charge in [0.1, 0.15) is 11.3 Å². The summed E-state index contributed by atoms with van der Waals surface area (Å²) in [6.45, 7) is 3.58. The van der Waals surface area contributed by atoms with Crippen LogP contribution in [-0.4, -0.2) is 39.7 Å². The molecule has 7 heteroatoms. The number of ether oxygens (including phenoxy) is 2. The van der Waals surface area contributed by atoms with Gasteiger partial charge in [-0.1, -0.05) is 19.4 Å². The molecule has 1 aromatic carbocycles. The number of hydrogen-bond acceptors (Lipinski definition) is 4. The number of halogens is 1. The molecule has 0 fully saturated rings. The first-order valence-electron chi connectivity index (χ1n) is 7.36. The topological polar surface area (TPSA) is 72.0 Å². The fourth-order valence-electron chi connectivity index (χ4n) is 1.92. The number of carbonyl (C=O) groups excluding carboxylic acids is 1. The van der Waals surface area contributed by atoms with Crippen molar-refractivity contribution in [3.05, 3.63) is 29.3 Å². The van der Waals surface area contributed by atoms with E-state index in [1.165, 1.54) is 14.2 Å². The van der Waals surface area contributed by atoms with E-state index in [4.69, 9.17) is 9.47 Å². The summed E-state index contributed by atoms with van der Waals surface area (Å²) in [4.78, 5) is 15.9. The Kier molecular flexibility index (Phi) is 11.2. The monoisotopic (exact) mass is 435 g/mol. The Morgan fingerprint density at radius 2 is 2.00 bits per heavy atom. The molecule has 0 heterocycles. The van der Waals surface area contributed by atoms with Crippen LogP contribution in [0.15, 0.2) is 23.2 Å². The van der Waals surface area contributed by atoms with Crippen molar-refractivity contribution in [3.8, 4) is 5.75 Å². The Labute approximate surface area is 155 Å². The maximum Gasteiger partial charge on any atom is 0.341 e. The van der Waals surface area contributed by atoms with E-state index in [-0.39, 0.29) is 24.0 Å². The van der Waals surface area contributed by atoms with E-state index in [2.05, 4.69) is 22.5 Å². The van der Waals surface area contributed by atoms with Gasteiger partial charge in [0.05, 0.1) is 14.2 Å². The molecule has 0 atom stereocenters. The van der Waals surface area contributed by atoms with Crippen LogP contribution in [-0.2, 0) is 11.3 Å². The van der Waals surface area contributed by atoms with Gasteiger partial charge in [-0.25, -0.2) is 4.79 Å². The summed E-state index contributed by atoms with van der Waals surface area (Å²) >= 11 is 0. The number of aliphatic imine (C=N–C) groups is 1. The molecule has 2 N–H and O–H groups in total. The molecular weight excluding hydrogens is 409 g/mol. The molecule has 23 heavy (non-hydrogen) atoms. The zero-order valence-corrected chi connectivity index (χ0v) is 16.5. The minimum atomic E-state index is -0.413. The predicted octanol–water partition coefficient (Wildman–Crippen LogP) is 2.56. The van der Waals surface area contributed by atoms with Crippen molar-refractivity contribution in [2.45, 2.75) is 26.3 Å². The normalized spacial score (nSPS) is 10.5. The number of methoxy groups -OCH3 is 2. The second-order valence-electron chi connectivity index (χ2n) is 4.73. The van der Waals surface area contributed by atoms with Crippen molar-refractivity contribution < 1.29 is 14.3 Å². The van der Waals surface area contributed by atoms with Crippen LogP contribution in [0.3, 0.4) is 0 Å². The Morgan fingerprint density at radius 1 is 1.26 bits per heavy atom. The molecule has 0 aliphatic rings. The molecule has 0 bridgehead atoms. The number of hydrogen-bond donors (Lipinski definition) is 2. The van der Waals surface area contributed by atoms with Crippen LogP contribution >= 0.6 is 24.0 Å². The third kappa shape index (κ3) is 7.06. The highest BCUT2D eigenvalue weighted by Gasteiger charge is 2.13. The number of unbranched alkanes of at least 4 members (excludes halogenated alkanes) is 1. The first-order chi connectivity index (χ1) is 10.7. The standard InChI is InChI=1S/C16H25N3O3.HI/c1-5-6-9-18-16(17-2)19-11-12-7-8-14(21-3)13(10-12)15(20)22-4;/h7-8,10H,5-6,9,11H2,1-4H3,(H2,17,18,19);1H. The van der Waals surface area contributed by atoms with Gasteiger partial charge in [-0.05, 0) is 24.1 Å². The van der Waals surface area contributed by atoms with Gasteiger partial charge in [0.2, 0.25) is 0 Å². The summed E-state index contributed by atoms with van der Waals surface area (Å²) in [5.41, 5.74) is 1.36. The number of nitrogens with zero attached hydrogens (tertiary/aromatic N) is 1. The SMILES string of the molecule is CCCCNC(=NC)NCc1ccc(OC)c(C(=O)OC)c1.I. The number of rotatable bonds is 7. The molecular formula is C16H26IN3O3. The van der Waals surface area contributed by atoms with Crippen molar-refractivity contribution in [2.75, 3.05) is 27.8 Å². The summed E-state index contributed by atoms with van der Waals surface area (Å²) < 4.78 is 9.95. The van der Waals surface area contributed by atoms with Crippen LogP contribution in [0.1, 0.15) is 35.7 Å². The van der Waals surface area contributed by atoms with Gasteiger partial charge in [0.15, 0.2) is 5.96 Å². The van der Waals surface area contributed by atoms with E-state index in [1.54, 1.807) is 19.2 Å². The highest BCUT2D eigenvalue weighted by atomic mass is 127. The van der Waals surface area contributed by atoms with Gasteiger partial charge in [-0.15, -0.1) is 24.0 Å². The summed E-state index contributed by atoms with van der Waals surface area (Å²) in [6, 6.07) is 5.42. The number of benzene rings is 1. The Hall–Kier alpha value is -1.51. The highest BCUT2D eigenvalue weighted by molar-refractivity contribution is 14.0. The number of nitrogens with one attached hydrogen (secondary N) is 2. The van der Waals surface area contributed by atoms with Crippen molar-refractivity contribution in [3.63, 3.8) is 0 Å². The van der Waals surface area contributed by atoms with E-state index >= 15 is 0 Å². The fourth-order valence-corrected chi connectivity index (χ4v) is 1.92. The second-order valence-corrected chi connectivity index (χ2v) is 4.73. The van der Waals surface area contributed by atoms with E-state index in [0.717, 1.165) is 30.9 Å². The van der Waals surface area contributed by atoms with E-state index < -0.39 is 5.97 Å². The van der Waals surface area contributed by atoms with Gasteiger partial charge < -0.3 is 20.1 Å². The third-order valence-electron chi connectivity index (χ3n) is 3.18. The largest absolute Gasteiger partial charge is 0.496 e. The molecule has 0 amide bonds. The first-order valence-corrected chi connectivity index (χ1v) is 7.36. The summed E-state index contributed by atoms with van der Waals surface area (Å²) in [6.07, 6.45) is 2.22. The molecule has 1 rings (SSSR count). The van der Waals surface area contributed by atoms with Gasteiger partial charge in [-0.2, -0.15) is 0 Å². The molecule has 0 aromatic heterocycles. The lowest BCUT2D eigenvalue weighted by Gasteiger charge is -2.13. The van der Waals surface area contributed by atoms with Crippen LogP contribution in [0, 0.1) is 0 Å². The molecule has 0 saturated carbocycles. The molecule has 0 aliphatic carbocycles. The van der Waals surface area contributed by atoms with Crippen LogP contribution < -0.4 is 15.4 Å². The smallest absolute Gasteiger partial charge is 0.341 e. The highest BCUT2D eigenvalue weighted by Crippen LogP contribution is 2.20. The second kappa shape index (κ2) is 12.0. The maximum absolute atomic E-state index is 11.8. The van der Waals surface area contributed by atoms with Crippen LogP contribution in [0.2, 0.25) is 0 Å². The Morgan fingerprint density at radius 3 is 2.57 bits per heavy atom. The quantitative estimate of drug-likeness (QED) is 0.227. The van der Waals surface area contributed by atoms with Crippen molar-refractivity contribution in [1.82, 2.24) is 10.6 Å². The first kappa shape index (κ1) is 21.5. The molecule has 0 aliphatic heterocycles. The Balaban J connectivity index is 0.00000484. The average molecular weight is 435 g/mol. The minimum absolute atomic E-state index is 0. The van der Waals surface area contributed by atoms with Crippen molar-refractivity contribution in [1.29, 1.82) is 0 Å². The minimum Gasteiger partial charge on any atom is -0.496 e. The van der Waals surface area contributed by atoms with Crippen LogP contribution in [0.4, 0.5) is 0 Å². The van der Waals surface area contributed by atoms with Crippen LogP contribution in [0.5, 0.6) is 5.75 Å². The predicted molar refractivity (Wildman–Crippen MR) is 103 cm³/mol. The Bertz CT molecular complexity index is 521. The van der Waals surface area contributed by atoms with Gasteiger partial charge in [0.25, 0.3) is 0 Å². The van der Waals surface area contributed by atoms with Crippen LogP contribution in [0.25, 0.3) is 0 Å². The lowest BCUT2D eigenvalue weighted by Crippen LogP contribution is -2.37. The number of guanidine groups is 1. The lowest BCUT2D eigenvalue weighted by molar-refractivity contribution is 0.0597. The third-order valence-corrected chi connectivity index (χ3v) is 3.18. The molecule has 0 spiro atoms. The maximum atomic E-state index is 11.8. The molecule has 130 valence electrons. The summed E-state index contributed by atoms with van der Waals surface area (Å²) in [7, 11) is 4.61. The van der Waals surface area contributed by atoms with E-state index in [0.29, 0.717) is 17.9 Å². The zero-order valence-electron chi connectivity index (χ0n) is 14.1. The molecule has 0 radical (unpaired) electrons. The van der Waals surface area contributed by atoms with Gasteiger partial charge in [0, 0.05) is 20.1 Å². The van der Waals surface area contributed by atoms with Crippen molar-refractivity contribution >= 4 is 35.9 Å². The molecule has 0 unspecified atom stereocenters. The summed E-state index contributed by atoms with van der Waals surface area (Å²) in [5.74, 6) is 0.828. The van der Waals surface area contributed by atoms with Crippen molar-refractivity contribution in [2.24, 2.45) is 4.99 Å². The van der Waals surface area contributed by atoms with E-state index in [9.17, 15) is 4.79 Å². The molecule has 6 nitrogen and oxygen atoms in total. The van der Waals surface area contributed by atoms with Gasteiger partial charge >= 0.3 is 5.97 Å². The number of carbonyl (C=O) groups is 1. The lowest BCUT2D eigenvalue weighted by atomic mass is 10.1. The summed E-state index contributed by atoms with van der Waals surface area (Å²) in [5, 5.41) is 6.45.